The number of hydrogen-bond acceptors (Lipinski definition) is 3. The molecule has 5 heteroatoms. The van der Waals surface area contributed by atoms with E-state index in [0.29, 0.717) is 6.42 Å². The molecule has 0 saturated carbocycles. The first kappa shape index (κ1) is 18.1. The SMILES string of the molecule is O=C1CCc2cc(/C=C/CN3CCN(c4cccc(Cl)c4)CC3)ccc2N1. The number of hydrogen-bond donors (Lipinski definition) is 1. The summed E-state index contributed by atoms with van der Waals surface area (Å²) in [5, 5.41) is 3.73. The molecule has 0 unspecified atom stereocenters. The maximum Gasteiger partial charge on any atom is 0.224 e. The molecule has 1 fully saturated rings. The fraction of sp³-hybridized carbons (Fsp3) is 0.318. The third-order valence-corrected chi connectivity index (χ3v) is 5.48. The number of halogens is 1. The molecule has 2 aromatic rings. The van der Waals surface area contributed by atoms with Crippen molar-refractivity contribution in [2.24, 2.45) is 0 Å². The Labute approximate surface area is 165 Å². The molecule has 140 valence electrons. The molecule has 27 heavy (non-hydrogen) atoms. The third-order valence-electron chi connectivity index (χ3n) is 5.24. The molecular formula is C22H24ClN3O. The van der Waals surface area contributed by atoms with Crippen LogP contribution in [0.15, 0.2) is 48.5 Å². The number of rotatable bonds is 4. The number of amides is 1. The van der Waals surface area contributed by atoms with E-state index < -0.39 is 0 Å². The maximum absolute atomic E-state index is 11.4. The van der Waals surface area contributed by atoms with E-state index in [4.69, 9.17) is 11.6 Å². The number of anilines is 2. The maximum atomic E-state index is 11.4. The van der Waals surface area contributed by atoms with Crippen LogP contribution in [0.4, 0.5) is 11.4 Å². The van der Waals surface area contributed by atoms with Crippen LogP contribution in [-0.2, 0) is 11.2 Å². The standard InChI is InChI=1S/C22H24ClN3O/c23-19-4-1-5-20(16-19)26-13-11-25(12-14-26)10-2-3-17-6-8-21-18(15-17)7-9-22(27)24-21/h1-6,8,15-16H,7,9-14H2,(H,24,27)/b3-2+. The van der Waals surface area contributed by atoms with Crippen LogP contribution in [0.5, 0.6) is 0 Å². The summed E-state index contributed by atoms with van der Waals surface area (Å²) in [5.41, 5.74) is 4.59. The van der Waals surface area contributed by atoms with Gasteiger partial charge in [0.15, 0.2) is 0 Å². The number of aryl methyl sites for hydroxylation is 1. The number of fused-ring (bicyclic) bond motifs is 1. The van der Waals surface area contributed by atoms with Crippen molar-refractivity contribution in [1.82, 2.24) is 4.90 Å². The normalized spacial score (nSPS) is 17.8. The van der Waals surface area contributed by atoms with E-state index in [2.05, 4.69) is 45.5 Å². The molecule has 1 N–H and O–H groups in total. The van der Waals surface area contributed by atoms with Crippen molar-refractivity contribution < 1.29 is 4.79 Å². The monoisotopic (exact) mass is 381 g/mol. The second-order valence-electron chi connectivity index (χ2n) is 7.13. The summed E-state index contributed by atoms with van der Waals surface area (Å²) >= 11 is 6.10. The van der Waals surface area contributed by atoms with Gasteiger partial charge in [0.2, 0.25) is 5.91 Å². The molecule has 0 aliphatic carbocycles. The van der Waals surface area contributed by atoms with Crippen molar-refractivity contribution >= 4 is 35.0 Å². The molecule has 2 aliphatic heterocycles. The molecule has 1 saturated heterocycles. The summed E-state index contributed by atoms with van der Waals surface area (Å²) in [6, 6.07) is 14.4. The topological polar surface area (TPSA) is 35.6 Å². The van der Waals surface area contributed by atoms with Crippen LogP contribution in [0.25, 0.3) is 6.08 Å². The minimum Gasteiger partial charge on any atom is -0.369 e. The van der Waals surface area contributed by atoms with Crippen LogP contribution in [0.3, 0.4) is 0 Å². The number of nitrogens with one attached hydrogen (secondary N) is 1. The Hall–Kier alpha value is -2.30. The number of piperazine rings is 1. The van der Waals surface area contributed by atoms with Gasteiger partial charge in [-0.3, -0.25) is 9.69 Å². The summed E-state index contributed by atoms with van der Waals surface area (Å²) in [7, 11) is 0. The largest absolute Gasteiger partial charge is 0.369 e. The second-order valence-corrected chi connectivity index (χ2v) is 7.57. The fourth-order valence-corrected chi connectivity index (χ4v) is 3.89. The molecule has 4 nitrogen and oxygen atoms in total. The third kappa shape index (κ3) is 4.52. The molecule has 1 amide bonds. The Bertz CT molecular complexity index is 856. The Morgan fingerprint density at radius 2 is 1.89 bits per heavy atom. The number of carbonyl (C=O) groups excluding carboxylic acids is 1. The Morgan fingerprint density at radius 1 is 1.04 bits per heavy atom. The van der Waals surface area contributed by atoms with Crippen LogP contribution in [0, 0.1) is 0 Å². The first-order valence-corrected chi connectivity index (χ1v) is 9.87. The predicted molar refractivity (Wildman–Crippen MR) is 113 cm³/mol. The molecule has 0 atom stereocenters. The fourth-order valence-electron chi connectivity index (χ4n) is 3.71. The first-order chi connectivity index (χ1) is 13.2. The van der Waals surface area contributed by atoms with E-state index in [-0.39, 0.29) is 5.91 Å². The minimum absolute atomic E-state index is 0.114. The van der Waals surface area contributed by atoms with Gasteiger partial charge in [-0.2, -0.15) is 0 Å². The molecule has 4 rings (SSSR count). The zero-order chi connectivity index (χ0) is 18.6. The van der Waals surface area contributed by atoms with Crippen LogP contribution in [0.2, 0.25) is 5.02 Å². The van der Waals surface area contributed by atoms with E-state index >= 15 is 0 Å². The van der Waals surface area contributed by atoms with Gasteiger partial charge in [0.1, 0.15) is 0 Å². The number of nitrogens with zero attached hydrogens (tertiary/aromatic N) is 2. The van der Waals surface area contributed by atoms with Crippen molar-refractivity contribution in [3.8, 4) is 0 Å². The highest BCUT2D eigenvalue weighted by Crippen LogP contribution is 2.24. The van der Waals surface area contributed by atoms with Gasteiger partial charge < -0.3 is 10.2 Å². The highest BCUT2D eigenvalue weighted by Gasteiger charge is 2.16. The lowest BCUT2D eigenvalue weighted by atomic mass is 10.0. The molecule has 0 spiro atoms. The van der Waals surface area contributed by atoms with E-state index in [1.807, 2.05) is 24.3 Å². The number of benzene rings is 2. The minimum atomic E-state index is 0.114. The summed E-state index contributed by atoms with van der Waals surface area (Å²) in [4.78, 5) is 16.3. The van der Waals surface area contributed by atoms with Crippen molar-refractivity contribution in [3.05, 3.63) is 64.7 Å². The summed E-state index contributed by atoms with van der Waals surface area (Å²) in [6.07, 6.45) is 5.82. The van der Waals surface area contributed by atoms with Crippen LogP contribution in [-0.4, -0.2) is 43.5 Å². The summed E-state index contributed by atoms with van der Waals surface area (Å²) in [6.45, 7) is 5.09. The molecule has 2 heterocycles. The van der Waals surface area contributed by atoms with Crippen molar-refractivity contribution in [2.75, 3.05) is 42.9 Å². The molecule has 2 aliphatic rings. The second kappa shape index (κ2) is 8.15. The van der Waals surface area contributed by atoms with Gasteiger partial charge in [-0.15, -0.1) is 0 Å². The highest BCUT2D eigenvalue weighted by atomic mass is 35.5. The van der Waals surface area contributed by atoms with E-state index in [1.54, 1.807) is 0 Å². The zero-order valence-electron chi connectivity index (χ0n) is 15.3. The lowest BCUT2D eigenvalue weighted by molar-refractivity contribution is -0.116. The van der Waals surface area contributed by atoms with Gasteiger partial charge in [-0.1, -0.05) is 35.9 Å². The molecule has 2 aromatic carbocycles. The first-order valence-electron chi connectivity index (χ1n) is 9.49. The zero-order valence-corrected chi connectivity index (χ0v) is 16.1. The number of carbonyl (C=O) groups is 1. The Balaban J connectivity index is 1.29. The smallest absolute Gasteiger partial charge is 0.224 e. The predicted octanol–water partition coefficient (Wildman–Crippen LogP) is 4.06. The van der Waals surface area contributed by atoms with E-state index in [0.717, 1.165) is 49.9 Å². The Morgan fingerprint density at radius 3 is 2.70 bits per heavy atom. The van der Waals surface area contributed by atoms with E-state index in [1.165, 1.54) is 16.8 Å². The van der Waals surface area contributed by atoms with Crippen molar-refractivity contribution in [3.63, 3.8) is 0 Å². The lowest BCUT2D eigenvalue weighted by Gasteiger charge is -2.35. The van der Waals surface area contributed by atoms with Crippen molar-refractivity contribution in [1.29, 1.82) is 0 Å². The molecule has 0 bridgehead atoms. The summed E-state index contributed by atoms with van der Waals surface area (Å²) in [5.74, 6) is 0.114. The van der Waals surface area contributed by atoms with Crippen LogP contribution >= 0.6 is 11.6 Å². The van der Waals surface area contributed by atoms with Gasteiger partial charge >= 0.3 is 0 Å². The van der Waals surface area contributed by atoms with Gasteiger partial charge in [0.25, 0.3) is 0 Å². The highest BCUT2D eigenvalue weighted by molar-refractivity contribution is 6.30. The van der Waals surface area contributed by atoms with Crippen molar-refractivity contribution in [2.45, 2.75) is 12.8 Å². The van der Waals surface area contributed by atoms with E-state index in [9.17, 15) is 4.79 Å². The molecular weight excluding hydrogens is 358 g/mol. The Kier molecular flexibility index (Phi) is 5.46. The quantitative estimate of drug-likeness (QED) is 0.867. The van der Waals surface area contributed by atoms with Crippen LogP contribution < -0.4 is 10.2 Å². The van der Waals surface area contributed by atoms with Gasteiger partial charge in [-0.25, -0.2) is 0 Å². The lowest BCUT2D eigenvalue weighted by Crippen LogP contribution is -2.46. The van der Waals surface area contributed by atoms with Gasteiger partial charge in [0, 0.05) is 55.5 Å². The van der Waals surface area contributed by atoms with Crippen LogP contribution in [0.1, 0.15) is 17.5 Å². The average Bonchev–Trinajstić information content (AvgIpc) is 2.68. The summed E-state index contributed by atoms with van der Waals surface area (Å²) < 4.78 is 0. The average molecular weight is 382 g/mol. The van der Waals surface area contributed by atoms with Gasteiger partial charge in [0.05, 0.1) is 0 Å². The molecule has 0 aromatic heterocycles. The van der Waals surface area contributed by atoms with Gasteiger partial charge in [-0.05, 0) is 47.9 Å². The molecule has 0 radical (unpaired) electrons.